The van der Waals surface area contributed by atoms with Gasteiger partial charge >= 0.3 is 5.97 Å². The number of hydrogen-bond donors (Lipinski definition) is 1. The molecule has 0 aliphatic rings. The van der Waals surface area contributed by atoms with Crippen molar-refractivity contribution in [2.75, 3.05) is 11.1 Å². The summed E-state index contributed by atoms with van der Waals surface area (Å²) in [6.45, 7) is 5.54. The molecule has 0 fully saturated rings. The number of amides is 1. The zero-order valence-corrected chi connectivity index (χ0v) is 14.9. The highest BCUT2D eigenvalue weighted by molar-refractivity contribution is 8.00. The van der Waals surface area contributed by atoms with Crippen molar-refractivity contribution in [2.45, 2.75) is 31.8 Å². The summed E-state index contributed by atoms with van der Waals surface area (Å²) in [4.78, 5) is 25.0. The van der Waals surface area contributed by atoms with Gasteiger partial charge < -0.3 is 10.1 Å². The number of rotatable bonds is 6. The zero-order chi connectivity index (χ0) is 17.5. The topological polar surface area (TPSA) is 55.4 Å². The molecule has 1 N–H and O–H groups in total. The van der Waals surface area contributed by atoms with Gasteiger partial charge in [0.25, 0.3) is 5.91 Å². The molecule has 2 aromatic carbocycles. The lowest BCUT2D eigenvalue weighted by Crippen LogP contribution is -2.30. The predicted octanol–water partition coefficient (Wildman–Crippen LogP) is 3.97. The molecular weight excluding hydrogens is 322 g/mol. The van der Waals surface area contributed by atoms with Crippen LogP contribution in [0.1, 0.15) is 18.1 Å². The van der Waals surface area contributed by atoms with Gasteiger partial charge in [-0.3, -0.25) is 9.59 Å². The monoisotopic (exact) mass is 343 g/mol. The first-order valence-electron chi connectivity index (χ1n) is 7.71. The van der Waals surface area contributed by atoms with Crippen LogP contribution in [-0.4, -0.2) is 23.7 Å². The first-order valence-corrected chi connectivity index (χ1v) is 8.69. The highest BCUT2D eigenvalue weighted by Gasteiger charge is 2.18. The van der Waals surface area contributed by atoms with Crippen LogP contribution >= 0.6 is 11.8 Å². The van der Waals surface area contributed by atoms with E-state index in [9.17, 15) is 9.59 Å². The highest BCUT2D eigenvalue weighted by atomic mass is 32.2. The number of benzene rings is 2. The molecule has 0 radical (unpaired) electrons. The van der Waals surface area contributed by atoms with Crippen LogP contribution in [0.15, 0.2) is 53.4 Å². The second-order valence-electron chi connectivity index (χ2n) is 5.54. The van der Waals surface area contributed by atoms with Crippen LogP contribution in [-0.2, 0) is 14.3 Å². The molecule has 0 aromatic heterocycles. The van der Waals surface area contributed by atoms with Crippen molar-refractivity contribution in [3.8, 4) is 0 Å². The third kappa shape index (κ3) is 5.42. The molecule has 126 valence electrons. The Labute approximate surface area is 146 Å². The van der Waals surface area contributed by atoms with E-state index in [4.69, 9.17) is 4.74 Å². The van der Waals surface area contributed by atoms with Gasteiger partial charge in [0.2, 0.25) is 0 Å². The minimum atomic E-state index is -0.837. The maximum absolute atomic E-state index is 12.1. The van der Waals surface area contributed by atoms with Crippen molar-refractivity contribution < 1.29 is 14.3 Å². The second kappa shape index (κ2) is 8.55. The number of aryl methyl sites for hydroxylation is 2. The Balaban J connectivity index is 1.81. The fourth-order valence-corrected chi connectivity index (χ4v) is 2.83. The third-order valence-corrected chi connectivity index (χ3v) is 4.58. The molecule has 0 aliphatic heterocycles. The first kappa shape index (κ1) is 18.1. The Bertz CT molecular complexity index is 713. The number of nitrogens with one attached hydrogen (secondary N) is 1. The Morgan fingerprint density at radius 3 is 2.42 bits per heavy atom. The van der Waals surface area contributed by atoms with Crippen LogP contribution in [0.4, 0.5) is 5.69 Å². The van der Waals surface area contributed by atoms with Gasteiger partial charge in [0, 0.05) is 10.6 Å². The van der Waals surface area contributed by atoms with E-state index >= 15 is 0 Å². The molecule has 5 heteroatoms. The molecule has 4 nitrogen and oxygen atoms in total. The summed E-state index contributed by atoms with van der Waals surface area (Å²) < 4.78 is 5.20. The predicted molar refractivity (Wildman–Crippen MR) is 97.3 cm³/mol. The van der Waals surface area contributed by atoms with E-state index in [-0.39, 0.29) is 11.7 Å². The van der Waals surface area contributed by atoms with E-state index < -0.39 is 12.1 Å². The number of carbonyl (C=O) groups excluding carboxylic acids is 2. The number of hydrogen-bond acceptors (Lipinski definition) is 4. The van der Waals surface area contributed by atoms with Gasteiger partial charge in [-0.05, 0) is 44.5 Å². The fourth-order valence-electron chi connectivity index (χ4n) is 2.02. The van der Waals surface area contributed by atoms with E-state index in [0.717, 1.165) is 16.0 Å². The summed E-state index contributed by atoms with van der Waals surface area (Å²) >= 11 is 1.41. The van der Waals surface area contributed by atoms with E-state index in [1.54, 1.807) is 6.92 Å². The van der Waals surface area contributed by atoms with Crippen molar-refractivity contribution in [1.29, 1.82) is 0 Å². The fraction of sp³-hybridized carbons (Fsp3) is 0.263. The van der Waals surface area contributed by atoms with Gasteiger partial charge in [-0.15, -0.1) is 11.8 Å². The molecule has 2 rings (SSSR count). The van der Waals surface area contributed by atoms with Crippen LogP contribution in [0, 0.1) is 13.8 Å². The average molecular weight is 343 g/mol. The molecule has 1 amide bonds. The molecule has 0 unspecified atom stereocenters. The summed E-state index contributed by atoms with van der Waals surface area (Å²) in [6, 6.07) is 15.3. The molecule has 2 aromatic rings. The quantitative estimate of drug-likeness (QED) is 0.637. The standard InChI is InChI=1S/C19H21NO3S/c1-13-8-10-16(11-9-13)20-19(22)15(3)23-18(21)12-24-17-7-5-4-6-14(17)2/h4-11,15H,12H2,1-3H3,(H,20,22)/t15-/m1/s1. The molecule has 0 saturated heterocycles. The van der Waals surface area contributed by atoms with Crippen LogP contribution < -0.4 is 5.32 Å². The molecule has 0 bridgehead atoms. The summed E-state index contributed by atoms with van der Waals surface area (Å²) in [5, 5.41) is 2.73. The van der Waals surface area contributed by atoms with Gasteiger partial charge in [0.1, 0.15) is 0 Å². The van der Waals surface area contributed by atoms with E-state index in [0.29, 0.717) is 5.69 Å². The maximum Gasteiger partial charge on any atom is 0.317 e. The lowest BCUT2D eigenvalue weighted by atomic mass is 10.2. The summed E-state index contributed by atoms with van der Waals surface area (Å²) in [6.07, 6.45) is -0.837. The van der Waals surface area contributed by atoms with Gasteiger partial charge in [-0.25, -0.2) is 0 Å². The summed E-state index contributed by atoms with van der Waals surface area (Å²) in [7, 11) is 0. The number of carbonyl (C=O) groups is 2. The highest BCUT2D eigenvalue weighted by Crippen LogP contribution is 2.22. The number of esters is 1. The Kier molecular flexibility index (Phi) is 6.44. The van der Waals surface area contributed by atoms with Crippen LogP contribution in [0.5, 0.6) is 0 Å². The molecule has 24 heavy (non-hydrogen) atoms. The zero-order valence-electron chi connectivity index (χ0n) is 14.0. The summed E-state index contributed by atoms with van der Waals surface area (Å²) in [5.74, 6) is -0.574. The van der Waals surface area contributed by atoms with Crippen LogP contribution in [0.3, 0.4) is 0 Å². The molecule has 1 atom stereocenters. The third-order valence-electron chi connectivity index (χ3n) is 3.44. The maximum atomic E-state index is 12.1. The second-order valence-corrected chi connectivity index (χ2v) is 6.56. The first-order chi connectivity index (χ1) is 11.5. The molecule has 0 spiro atoms. The van der Waals surface area contributed by atoms with Crippen molar-refractivity contribution in [2.24, 2.45) is 0 Å². The number of ether oxygens (including phenoxy) is 1. The molecule has 0 heterocycles. The van der Waals surface area contributed by atoms with Crippen molar-refractivity contribution in [1.82, 2.24) is 0 Å². The average Bonchev–Trinajstić information content (AvgIpc) is 2.56. The lowest BCUT2D eigenvalue weighted by Gasteiger charge is -2.14. The van der Waals surface area contributed by atoms with Gasteiger partial charge in [0.15, 0.2) is 6.10 Å². The molecule has 0 saturated carbocycles. The smallest absolute Gasteiger partial charge is 0.317 e. The SMILES string of the molecule is Cc1ccc(NC(=O)[C@@H](C)OC(=O)CSc2ccccc2C)cc1. The van der Waals surface area contributed by atoms with Crippen LogP contribution in [0.2, 0.25) is 0 Å². The summed E-state index contributed by atoms with van der Waals surface area (Å²) in [5.41, 5.74) is 2.91. The lowest BCUT2D eigenvalue weighted by molar-refractivity contribution is -0.150. The Hall–Kier alpha value is -2.27. The van der Waals surface area contributed by atoms with Crippen molar-refractivity contribution >= 4 is 29.3 Å². The minimum absolute atomic E-state index is 0.174. The Morgan fingerprint density at radius 2 is 1.75 bits per heavy atom. The van der Waals surface area contributed by atoms with Crippen molar-refractivity contribution in [3.63, 3.8) is 0 Å². The van der Waals surface area contributed by atoms with E-state index in [1.165, 1.54) is 11.8 Å². The normalized spacial score (nSPS) is 11.6. The Morgan fingerprint density at radius 1 is 1.08 bits per heavy atom. The van der Waals surface area contributed by atoms with Gasteiger partial charge in [-0.1, -0.05) is 35.9 Å². The van der Waals surface area contributed by atoms with Crippen LogP contribution in [0.25, 0.3) is 0 Å². The van der Waals surface area contributed by atoms with E-state index in [1.807, 2.05) is 62.4 Å². The molecule has 0 aliphatic carbocycles. The van der Waals surface area contributed by atoms with Gasteiger partial charge in [0.05, 0.1) is 5.75 Å². The number of thioether (sulfide) groups is 1. The minimum Gasteiger partial charge on any atom is -0.452 e. The van der Waals surface area contributed by atoms with Crippen molar-refractivity contribution in [3.05, 3.63) is 59.7 Å². The van der Waals surface area contributed by atoms with E-state index in [2.05, 4.69) is 5.32 Å². The largest absolute Gasteiger partial charge is 0.452 e. The molecular formula is C19H21NO3S. The van der Waals surface area contributed by atoms with Gasteiger partial charge in [-0.2, -0.15) is 0 Å². The number of anilines is 1.